The number of esters is 1. The van der Waals surface area contributed by atoms with Crippen LogP contribution in [0.5, 0.6) is 0 Å². The topological polar surface area (TPSA) is 92.4 Å². The van der Waals surface area contributed by atoms with Crippen LogP contribution in [0.15, 0.2) is 65.5 Å². The quantitative estimate of drug-likeness (QED) is 0.583. The van der Waals surface area contributed by atoms with Crippen LogP contribution in [-0.4, -0.2) is 46.7 Å². The Hall–Kier alpha value is -3.74. The first-order valence-electron chi connectivity index (χ1n) is 11.2. The Morgan fingerprint density at radius 3 is 2.61 bits per heavy atom. The van der Waals surface area contributed by atoms with Crippen molar-refractivity contribution in [3.05, 3.63) is 82.3 Å². The van der Waals surface area contributed by atoms with Gasteiger partial charge in [-0.15, -0.1) is 0 Å². The molecule has 1 aliphatic rings. The largest absolute Gasteiger partial charge is 0.466 e. The van der Waals surface area contributed by atoms with Crippen molar-refractivity contribution in [3.63, 3.8) is 0 Å². The predicted molar refractivity (Wildman–Crippen MR) is 127 cm³/mol. The van der Waals surface area contributed by atoms with E-state index in [-0.39, 0.29) is 36.3 Å². The Morgan fingerprint density at radius 1 is 1.12 bits per heavy atom. The van der Waals surface area contributed by atoms with Gasteiger partial charge in [-0.1, -0.05) is 60.7 Å². The summed E-state index contributed by atoms with van der Waals surface area (Å²) < 4.78 is 5.43. The van der Waals surface area contributed by atoms with Crippen LogP contribution in [0, 0.1) is 5.41 Å². The Kier molecular flexibility index (Phi) is 6.68. The minimum Gasteiger partial charge on any atom is -0.466 e. The standard InChI is InChI=1S/C26H27N3O4/c1-2-33-25(32)26(15-8-12-19-10-4-3-5-11-19)16-9-17-29(18-26)24(31)22-20-13-6-7-14-21(20)23(30)28-27-22/h3-8,10-14H,2,9,15-18H2,1H3,(H,28,30)/b12-8+/t26-/m1/s1. The second-order valence-corrected chi connectivity index (χ2v) is 8.30. The average molecular weight is 446 g/mol. The molecule has 2 aromatic carbocycles. The van der Waals surface area contributed by atoms with Gasteiger partial charge in [-0.3, -0.25) is 14.4 Å². The van der Waals surface area contributed by atoms with Gasteiger partial charge in [0.1, 0.15) is 0 Å². The molecular formula is C26H27N3O4. The molecule has 1 saturated heterocycles. The predicted octanol–water partition coefficient (Wildman–Crippen LogP) is 3.81. The van der Waals surface area contributed by atoms with E-state index in [1.54, 1.807) is 36.1 Å². The van der Waals surface area contributed by atoms with Crippen LogP contribution in [0.2, 0.25) is 0 Å². The molecule has 3 aromatic rings. The molecule has 33 heavy (non-hydrogen) atoms. The number of nitrogens with zero attached hydrogens (tertiary/aromatic N) is 2. The highest BCUT2D eigenvalue weighted by atomic mass is 16.5. The zero-order valence-electron chi connectivity index (χ0n) is 18.6. The zero-order valence-corrected chi connectivity index (χ0v) is 18.6. The van der Waals surface area contributed by atoms with Crippen molar-refractivity contribution in [1.29, 1.82) is 0 Å². The van der Waals surface area contributed by atoms with Crippen LogP contribution in [0.3, 0.4) is 0 Å². The minimum absolute atomic E-state index is 0.185. The number of ether oxygens (including phenoxy) is 1. The maximum absolute atomic E-state index is 13.5. The molecule has 0 unspecified atom stereocenters. The highest BCUT2D eigenvalue weighted by Crippen LogP contribution is 2.36. The van der Waals surface area contributed by atoms with Crippen LogP contribution >= 0.6 is 0 Å². The molecule has 0 bridgehead atoms. The highest BCUT2D eigenvalue weighted by molar-refractivity contribution is 6.05. The molecule has 0 radical (unpaired) electrons. The van der Waals surface area contributed by atoms with E-state index in [4.69, 9.17) is 4.74 Å². The number of allylic oxidation sites excluding steroid dienone is 1. The van der Waals surface area contributed by atoms with E-state index in [0.717, 1.165) is 5.56 Å². The van der Waals surface area contributed by atoms with Crippen molar-refractivity contribution in [2.24, 2.45) is 5.41 Å². The summed E-state index contributed by atoms with van der Waals surface area (Å²) in [5.74, 6) is -0.595. The van der Waals surface area contributed by atoms with Gasteiger partial charge in [-0.2, -0.15) is 5.10 Å². The van der Waals surface area contributed by atoms with Gasteiger partial charge < -0.3 is 9.64 Å². The van der Waals surface area contributed by atoms with Crippen molar-refractivity contribution in [2.75, 3.05) is 19.7 Å². The first-order valence-corrected chi connectivity index (χ1v) is 11.2. The van der Waals surface area contributed by atoms with E-state index in [1.807, 2.05) is 42.5 Å². The number of H-pyrrole nitrogens is 1. The first kappa shape index (κ1) is 22.5. The molecule has 0 saturated carbocycles. The average Bonchev–Trinajstić information content (AvgIpc) is 2.85. The fourth-order valence-electron chi connectivity index (χ4n) is 4.42. The third-order valence-corrected chi connectivity index (χ3v) is 6.09. The van der Waals surface area contributed by atoms with Gasteiger partial charge in [0.15, 0.2) is 5.69 Å². The van der Waals surface area contributed by atoms with Crippen molar-refractivity contribution < 1.29 is 14.3 Å². The fourth-order valence-corrected chi connectivity index (χ4v) is 4.42. The van der Waals surface area contributed by atoms with Crippen molar-refractivity contribution >= 4 is 28.7 Å². The zero-order chi connectivity index (χ0) is 23.3. The second-order valence-electron chi connectivity index (χ2n) is 8.30. The molecule has 7 nitrogen and oxygen atoms in total. The molecule has 1 fully saturated rings. The molecule has 1 aromatic heterocycles. The number of hydrogen-bond donors (Lipinski definition) is 1. The van der Waals surface area contributed by atoms with E-state index in [2.05, 4.69) is 10.2 Å². The van der Waals surface area contributed by atoms with Gasteiger partial charge in [0.2, 0.25) is 0 Å². The Balaban J connectivity index is 1.62. The lowest BCUT2D eigenvalue weighted by Crippen LogP contribution is -2.50. The summed E-state index contributed by atoms with van der Waals surface area (Å²) in [7, 11) is 0. The summed E-state index contributed by atoms with van der Waals surface area (Å²) in [6.07, 6.45) is 5.73. The normalized spacial score (nSPS) is 18.5. The number of amides is 1. The third kappa shape index (κ3) is 4.72. The lowest BCUT2D eigenvalue weighted by atomic mass is 9.76. The second kappa shape index (κ2) is 9.81. The van der Waals surface area contributed by atoms with Gasteiger partial charge >= 0.3 is 5.97 Å². The lowest BCUT2D eigenvalue weighted by Gasteiger charge is -2.40. The van der Waals surface area contributed by atoms with Crippen LogP contribution < -0.4 is 5.56 Å². The SMILES string of the molecule is CCOC(=O)[C@]1(C/C=C/c2ccccc2)CCCN(C(=O)c2n[nH]c(=O)c3ccccc23)C1. The number of aromatic nitrogens is 2. The number of carbonyl (C=O) groups is 2. The Bertz CT molecular complexity index is 1240. The van der Waals surface area contributed by atoms with E-state index in [1.165, 1.54) is 0 Å². The van der Waals surface area contributed by atoms with Crippen LogP contribution in [0.4, 0.5) is 0 Å². The van der Waals surface area contributed by atoms with E-state index in [9.17, 15) is 14.4 Å². The lowest BCUT2D eigenvalue weighted by molar-refractivity contribution is -0.158. The van der Waals surface area contributed by atoms with Crippen molar-refractivity contribution in [2.45, 2.75) is 26.2 Å². The summed E-state index contributed by atoms with van der Waals surface area (Å²) in [6, 6.07) is 16.8. The van der Waals surface area contributed by atoms with Gasteiger partial charge in [0.25, 0.3) is 11.5 Å². The summed E-state index contributed by atoms with van der Waals surface area (Å²) >= 11 is 0. The number of aromatic amines is 1. The van der Waals surface area contributed by atoms with Crippen LogP contribution in [-0.2, 0) is 9.53 Å². The van der Waals surface area contributed by atoms with Crippen LogP contribution in [0.25, 0.3) is 16.8 Å². The fraction of sp³-hybridized carbons (Fsp3) is 0.308. The molecule has 1 N–H and O–H groups in total. The van der Waals surface area contributed by atoms with E-state index in [0.29, 0.717) is 36.6 Å². The number of fused-ring (bicyclic) bond motifs is 1. The molecule has 1 aliphatic heterocycles. The number of likely N-dealkylation sites (tertiary alicyclic amines) is 1. The van der Waals surface area contributed by atoms with Crippen molar-refractivity contribution in [1.82, 2.24) is 15.1 Å². The number of nitrogens with one attached hydrogen (secondary N) is 1. The number of carbonyl (C=O) groups excluding carboxylic acids is 2. The molecule has 7 heteroatoms. The number of hydrogen-bond acceptors (Lipinski definition) is 5. The van der Waals surface area contributed by atoms with Gasteiger partial charge in [0, 0.05) is 18.5 Å². The molecule has 1 amide bonds. The summed E-state index contributed by atoms with van der Waals surface area (Å²) in [5, 5.41) is 7.39. The Morgan fingerprint density at radius 2 is 1.85 bits per heavy atom. The number of rotatable bonds is 6. The smallest absolute Gasteiger partial charge is 0.314 e. The highest BCUT2D eigenvalue weighted by Gasteiger charge is 2.44. The van der Waals surface area contributed by atoms with Crippen molar-refractivity contribution in [3.8, 4) is 0 Å². The monoisotopic (exact) mass is 445 g/mol. The minimum atomic E-state index is -0.826. The van der Waals surface area contributed by atoms with Crippen LogP contribution in [0.1, 0.15) is 42.2 Å². The molecule has 0 spiro atoms. The summed E-state index contributed by atoms with van der Waals surface area (Å²) in [6.45, 7) is 2.81. The van der Waals surface area contributed by atoms with E-state index >= 15 is 0 Å². The molecule has 1 atom stereocenters. The van der Waals surface area contributed by atoms with E-state index < -0.39 is 5.41 Å². The maximum atomic E-state index is 13.5. The summed E-state index contributed by atoms with van der Waals surface area (Å²) in [4.78, 5) is 40.3. The molecular weight excluding hydrogens is 418 g/mol. The summed E-state index contributed by atoms with van der Waals surface area (Å²) in [5.41, 5.74) is 0.0641. The van der Waals surface area contributed by atoms with Gasteiger partial charge in [-0.25, -0.2) is 5.10 Å². The first-order chi connectivity index (χ1) is 16.0. The van der Waals surface area contributed by atoms with Gasteiger partial charge in [-0.05, 0) is 37.8 Å². The molecule has 4 rings (SSSR count). The number of benzene rings is 2. The molecule has 170 valence electrons. The molecule has 0 aliphatic carbocycles. The maximum Gasteiger partial charge on any atom is 0.314 e. The third-order valence-electron chi connectivity index (χ3n) is 6.09. The van der Waals surface area contributed by atoms with Gasteiger partial charge in [0.05, 0.1) is 17.4 Å². The molecule has 2 heterocycles. The Labute approximate surface area is 192 Å². The number of piperidine rings is 1.